The number of aryl methyl sites for hydroxylation is 1. The summed E-state index contributed by atoms with van der Waals surface area (Å²) in [6.45, 7) is 2.42. The lowest BCUT2D eigenvalue weighted by Crippen LogP contribution is -2.33. The number of nitrogens with one attached hydrogen (secondary N) is 1. The van der Waals surface area contributed by atoms with E-state index in [1.807, 2.05) is 54.0 Å². The zero-order valence-corrected chi connectivity index (χ0v) is 20.4. The number of aliphatic hydroxyl groups excluding tert-OH is 1. The van der Waals surface area contributed by atoms with Gasteiger partial charge in [-0.2, -0.15) is 0 Å². The van der Waals surface area contributed by atoms with Gasteiger partial charge >= 0.3 is 0 Å². The monoisotopic (exact) mass is 486 g/mol. The molecule has 1 amide bonds. The predicted octanol–water partition coefficient (Wildman–Crippen LogP) is 5.62. The number of ketones is 1. The van der Waals surface area contributed by atoms with E-state index >= 15 is 0 Å². The summed E-state index contributed by atoms with van der Waals surface area (Å²) in [5.74, 6) is -0.539. The van der Waals surface area contributed by atoms with Crippen LogP contribution < -0.4 is 4.74 Å². The lowest BCUT2D eigenvalue weighted by atomic mass is 9.94. The first-order valence-electron chi connectivity index (χ1n) is 11.6. The normalized spacial score (nSPS) is 15.9. The number of fused-ring (bicyclic) bond motifs is 1. The van der Waals surface area contributed by atoms with Crippen LogP contribution in [0.15, 0.2) is 77.5 Å². The molecular formula is C28H26N2O4S. The average Bonchev–Trinajstić information content (AvgIpc) is 3.62. The number of ether oxygens (including phenoxy) is 1. The van der Waals surface area contributed by atoms with Crippen molar-refractivity contribution in [3.05, 3.63) is 99.1 Å². The Hall–Kier alpha value is -3.84. The van der Waals surface area contributed by atoms with Gasteiger partial charge in [0.1, 0.15) is 5.75 Å². The largest absolute Gasteiger partial charge is 0.503 e. The Balaban J connectivity index is 1.50. The van der Waals surface area contributed by atoms with Gasteiger partial charge in [0, 0.05) is 23.6 Å². The molecule has 7 heteroatoms. The number of H-pyrrole nitrogens is 1. The average molecular weight is 487 g/mol. The second kappa shape index (κ2) is 9.43. The van der Waals surface area contributed by atoms with Crippen molar-refractivity contribution in [3.63, 3.8) is 0 Å². The summed E-state index contributed by atoms with van der Waals surface area (Å²) in [5, 5.41) is 13.7. The van der Waals surface area contributed by atoms with Crippen LogP contribution in [0.25, 0.3) is 10.9 Å². The molecule has 0 spiro atoms. The van der Waals surface area contributed by atoms with E-state index in [1.165, 1.54) is 11.3 Å². The van der Waals surface area contributed by atoms with Crippen molar-refractivity contribution in [3.8, 4) is 5.75 Å². The minimum Gasteiger partial charge on any atom is -0.503 e. The molecule has 0 unspecified atom stereocenters. The van der Waals surface area contributed by atoms with Crippen molar-refractivity contribution < 1.29 is 19.4 Å². The summed E-state index contributed by atoms with van der Waals surface area (Å²) in [4.78, 5) is 32.0. The molecule has 4 aromatic rings. The number of methoxy groups -OCH3 is 1. The van der Waals surface area contributed by atoms with Crippen LogP contribution in [-0.4, -0.2) is 40.3 Å². The van der Waals surface area contributed by atoms with Crippen LogP contribution in [0.2, 0.25) is 0 Å². The first-order chi connectivity index (χ1) is 17.0. The number of amides is 1. The molecule has 2 aromatic heterocycles. The van der Waals surface area contributed by atoms with Gasteiger partial charge in [0.25, 0.3) is 5.91 Å². The Kier molecular flexibility index (Phi) is 6.17. The quantitative estimate of drug-likeness (QED) is 0.317. The Bertz CT molecular complexity index is 1420. The van der Waals surface area contributed by atoms with E-state index in [4.69, 9.17) is 4.74 Å². The van der Waals surface area contributed by atoms with Crippen molar-refractivity contribution in [2.45, 2.75) is 25.8 Å². The minimum absolute atomic E-state index is 0.141. The number of thiophene rings is 1. The number of carbonyl (C=O) groups is 2. The molecule has 35 heavy (non-hydrogen) atoms. The fourth-order valence-corrected chi connectivity index (χ4v) is 5.35. The highest BCUT2D eigenvalue weighted by Gasteiger charge is 2.43. The van der Waals surface area contributed by atoms with Gasteiger partial charge in [0.05, 0.1) is 23.6 Å². The molecule has 178 valence electrons. The Morgan fingerprint density at radius 1 is 1.17 bits per heavy atom. The topological polar surface area (TPSA) is 82.6 Å². The van der Waals surface area contributed by atoms with Gasteiger partial charge in [0.2, 0.25) is 5.78 Å². The third kappa shape index (κ3) is 4.12. The fraction of sp³-hybridized carbons (Fsp3) is 0.214. The maximum Gasteiger partial charge on any atom is 0.290 e. The fourth-order valence-electron chi connectivity index (χ4n) is 4.67. The highest BCUT2D eigenvalue weighted by atomic mass is 32.1. The van der Waals surface area contributed by atoms with Crippen molar-refractivity contribution in [1.29, 1.82) is 0 Å². The number of nitrogens with zero attached hydrogens (tertiary/aromatic N) is 1. The van der Waals surface area contributed by atoms with E-state index in [-0.39, 0.29) is 11.4 Å². The first kappa shape index (κ1) is 22.9. The molecule has 2 N–H and O–H groups in total. The molecule has 0 fully saturated rings. The number of hydrogen-bond donors (Lipinski definition) is 2. The SMILES string of the molecule is CCc1ccc([C@H]2C(C(=O)c3cccs3)=C(O)C(=O)N2CCc2c[nH]c3ccc(OC)cc23)cc1. The smallest absolute Gasteiger partial charge is 0.290 e. The summed E-state index contributed by atoms with van der Waals surface area (Å²) in [7, 11) is 1.63. The number of hydrogen-bond acceptors (Lipinski definition) is 5. The van der Waals surface area contributed by atoms with Crippen molar-refractivity contribution in [1.82, 2.24) is 9.88 Å². The summed E-state index contributed by atoms with van der Waals surface area (Å²) < 4.78 is 5.37. The molecule has 0 aliphatic carbocycles. The molecule has 2 aromatic carbocycles. The third-order valence-corrected chi connectivity index (χ3v) is 7.46. The van der Waals surface area contributed by atoms with Gasteiger partial charge in [0.15, 0.2) is 5.76 Å². The number of aliphatic hydroxyl groups is 1. The summed E-state index contributed by atoms with van der Waals surface area (Å²) >= 11 is 1.30. The number of aromatic amines is 1. The van der Waals surface area contributed by atoms with Crippen LogP contribution in [0.4, 0.5) is 0 Å². The number of benzene rings is 2. The lowest BCUT2D eigenvalue weighted by molar-refractivity contribution is -0.129. The van der Waals surface area contributed by atoms with E-state index in [0.29, 0.717) is 17.8 Å². The molecule has 0 radical (unpaired) electrons. The maximum absolute atomic E-state index is 13.4. The number of Topliss-reactive ketones (excluding diaryl/α,β-unsaturated/α-hetero) is 1. The number of aromatic nitrogens is 1. The first-order valence-corrected chi connectivity index (χ1v) is 12.4. The van der Waals surface area contributed by atoms with Crippen LogP contribution in [0.5, 0.6) is 5.75 Å². The minimum atomic E-state index is -0.650. The zero-order valence-electron chi connectivity index (χ0n) is 19.6. The highest BCUT2D eigenvalue weighted by molar-refractivity contribution is 7.12. The van der Waals surface area contributed by atoms with Gasteiger partial charge in [-0.15, -0.1) is 11.3 Å². The molecule has 3 heterocycles. The molecule has 1 aliphatic heterocycles. The van der Waals surface area contributed by atoms with E-state index in [9.17, 15) is 14.7 Å². The zero-order chi connectivity index (χ0) is 24.5. The third-order valence-electron chi connectivity index (χ3n) is 6.59. The second-order valence-corrected chi connectivity index (χ2v) is 9.49. The molecule has 0 bridgehead atoms. The van der Waals surface area contributed by atoms with Crippen molar-refractivity contribution in [2.75, 3.05) is 13.7 Å². The summed E-state index contributed by atoms with van der Waals surface area (Å²) in [5.41, 5.74) is 4.12. The van der Waals surface area contributed by atoms with Gasteiger partial charge in [-0.05, 0) is 59.2 Å². The Labute approximate surface area is 207 Å². The van der Waals surface area contributed by atoms with Crippen molar-refractivity contribution >= 4 is 33.9 Å². The standard InChI is InChI=1S/C28H26N2O4S/c1-3-17-6-8-18(9-7-17)25-24(26(31)23-5-4-14-35-23)27(32)28(33)30(25)13-12-19-16-29-22-11-10-20(34-2)15-21(19)22/h4-11,14-16,25,29,32H,3,12-13H2,1-2H3/t25-/m0/s1. The molecule has 6 nitrogen and oxygen atoms in total. The van der Waals surface area contributed by atoms with E-state index in [2.05, 4.69) is 11.9 Å². The van der Waals surface area contributed by atoms with Crippen molar-refractivity contribution in [2.24, 2.45) is 0 Å². The lowest BCUT2D eigenvalue weighted by Gasteiger charge is -2.27. The van der Waals surface area contributed by atoms with Gasteiger partial charge < -0.3 is 19.7 Å². The van der Waals surface area contributed by atoms with E-state index in [0.717, 1.165) is 39.8 Å². The van der Waals surface area contributed by atoms with Crippen LogP contribution in [0.1, 0.15) is 39.3 Å². The Morgan fingerprint density at radius 2 is 1.97 bits per heavy atom. The number of rotatable bonds is 8. The van der Waals surface area contributed by atoms with E-state index < -0.39 is 17.7 Å². The molecule has 1 atom stereocenters. The van der Waals surface area contributed by atoms with Crippen LogP contribution in [-0.2, 0) is 17.6 Å². The molecule has 5 rings (SSSR count). The molecule has 0 saturated heterocycles. The molecular weight excluding hydrogens is 460 g/mol. The number of carbonyl (C=O) groups excluding carboxylic acids is 2. The van der Waals surface area contributed by atoms with Crippen LogP contribution >= 0.6 is 11.3 Å². The second-order valence-electron chi connectivity index (χ2n) is 8.54. The molecule has 0 saturated carbocycles. The van der Waals surface area contributed by atoms with Crippen LogP contribution in [0.3, 0.4) is 0 Å². The van der Waals surface area contributed by atoms with Gasteiger partial charge in [-0.3, -0.25) is 9.59 Å². The molecule has 1 aliphatic rings. The summed E-state index contributed by atoms with van der Waals surface area (Å²) in [6.07, 6.45) is 3.37. The van der Waals surface area contributed by atoms with Gasteiger partial charge in [-0.25, -0.2) is 0 Å². The summed E-state index contributed by atoms with van der Waals surface area (Å²) in [6, 6.07) is 16.6. The van der Waals surface area contributed by atoms with Gasteiger partial charge in [-0.1, -0.05) is 37.3 Å². The maximum atomic E-state index is 13.4. The van der Waals surface area contributed by atoms with E-state index in [1.54, 1.807) is 24.1 Å². The van der Waals surface area contributed by atoms with Crippen LogP contribution in [0, 0.1) is 0 Å². The highest BCUT2D eigenvalue weighted by Crippen LogP contribution is 2.40. The Morgan fingerprint density at radius 3 is 2.66 bits per heavy atom. The predicted molar refractivity (Wildman–Crippen MR) is 137 cm³/mol.